The minimum Gasteiger partial charge on any atom is -0.393 e. The zero-order valence-corrected chi connectivity index (χ0v) is 8.74. The molecule has 0 aromatic carbocycles. The zero-order valence-electron chi connectivity index (χ0n) is 7.92. The van der Waals surface area contributed by atoms with E-state index in [1.54, 1.807) is 0 Å². The van der Waals surface area contributed by atoms with Crippen LogP contribution in [-0.4, -0.2) is 11.2 Å². The first-order chi connectivity index (χ1) is 5.59. The highest BCUT2D eigenvalue weighted by molar-refractivity contribution is 7.12. The molecule has 0 unspecified atom stereocenters. The number of aliphatic hydroxyl groups is 1. The SMILES string of the molecule is Cc1cc(CC[C@@H](C)O)c(C)s1. The third-order valence-corrected chi connectivity index (χ3v) is 2.98. The Bertz CT molecular complexity index is 250. The monoisotopic (exact) mass is 184 g/mol. The Labute approximate surface area is 78.1 Å². The number of aliphatic hydroxyl groups excluding tert-OH is 1. The molecule has 0 aliphatic carbocycles. The standard InChI is InChI=1S/C10H16OS/c1-7(11)4-5-10-6-8(2)12-9(10)3/h6-7,11H,4-5H2,1-3H3/t7-/m1/s1. The Kier molecular flexibility index (Phi) is 3.29. The van der Waals surface area contributed by atoms with Crippen molar-refractivity contribution in [2.75, 3.05) is 0 Å². The maximum atomic E-state index is 9.11. The molecule has 0 fully saturated rings. The maximum absolute atomic E-state index is 9.11. The molecular weight excluding hydrogens is 168 g/mol. The van der Waals surface area contributed by atoms with E-state index >= 15 is 0 Å². The molecule has 0 amide bonds. The van der Waals surface area contributed by atoms with Gasteiger partial charge in [0.05, 0.1) is 6.10 Å². The lowest BCUT2D eigenvalue weighted by molar-refractivity contribution is 0.185. The van der Waals surface area contributed by atoms with Crippen LogP contribution in [0.3, 0.4) is 0 Å². The largest absolute Gasteiger partial charge is 0.393 e. The molecule has 12 heavy (non-hydrogen) atoms. The fraction of sp³-hybridized carbons (Fsp3) is 0.600. The molecule has 68 valence electrons. The van der Waals surface area contributed by atoms with Gasteiger partial charge in [-0.25, -0.2) is 0 Å². The van der Waals surface area contributed by atoms with E-state index in [0.717, 1.165) is 12.8 Å². The molecule has 1 nitrogen and oxygen atoms in total. The first-order valence-electron chi connectivity index (χ1n) is 4.33. The first-order valence-corrected chi connectivity index (χ1v) is 5.15. The molecule has 0 spiro atoms. The number of hydrogen-bond donors (Lipinski definition) is 1. The number of aryl methyl sites for hydroxylation is 3. The van der Waals surface area contributed by atoms with E-state index in [1.165, 1.54) is 15.3 Å². The number of rotatable bonds is 3. The fourth-order valence-corrected chi connectivity index (χ4v) is 2.27. The van der Waals surface area contributed by atoms with E-state index in [4.69, 9.17) is 5.11 Å². The summed E-state index contributed by atoms with van der Waals surface area (Å²) in [6, 6.07) is 2.22. The van der Waals surface area contributed by atoms with E-state index in [0.29, 0.717) is 0 Å². The van der Waals surface area contributed by atoms with E-state index in [1.807, 2.05) is 18.3 Å². The first kappa shape index (κ1) is 9.75. The molecule has 1 N–H and O–H groups in total. The average molecular weight is 184 g/mol. The third-order valence-electron chi connectivity index (χ3n) is 1.98. The summed E-state index contributed by atoms with van der Waals surface area (Å²) in [7, 11) is 0. The molecule has 0 saturated heterocycles. The third kappa shape index (κ3) is 2.61. The predicted octanol–water partition coefficient (Wildman–Crippen LogP) is 2.68. The van der Waals surface area contributed by atoms with Crippen molar-refractivity contribution < 1.29 is 5.11 Å². The molecular formula is C10H16OS. The van der Waals surface area contributed by atoms with Crippen molar-refractivity contribution in [3.63, 3.8) is 0 Å². The fourth-order valence-electron chi connectivity index (χ4n) is 1.30. The molecule has 0 aliphatic rings. The van der Waals surface area contributed by atoms with Crippen molar-refractivity contribution >= 4 is 11.3 Å². The van der Waals surface area contributed by atoms with Crippen molar-refractivity contribution in [2.24, 2.45) is 0 Å². The summed E-state index contributed by atoms with van der Waals surface area (Å²) in [5.74, 6) is 0. The second kappa shape index (κ2) is 4.06. The van der Waals surface area contributed by atoms with Crippen LogP contribution in [0.5, 0.6) is 0 Å². The second-order valence-electron chi connectivity index (χ2n) is 3.33. The van der Waals surface area contributed by atoms with Gasteiger partial charge in [0.1, 0.15) is 0 Å². The van der Waals surface area contributed by atoms with Gasteiger partial charge in [-0.15, -0.1) is 11.3 Å². The van der Waals surface area contributed by atoms with Gasteiger partial charge in [0.25, 0.3) is 0 Å². The van der Waals surface area contributed by atoms with Crippen LogP contribution in [0, 0.1) is 13.8 Å². The Morgan fingerprint density at radius 1 is 1.50 bits per heavy atom. The Balaban J connectivity index is 2.57. The molecule has 0 radical (unpaired) electrons. The molecule has 0 bridgehead atoms. The Morgan fingerprint density at radius 2 is 2.17 bits per heavy atom. The molecule has 0 aliphatic heterocycles. The smallest absolute Gasteiger partial charge is 0.0515 e. The van der Waals surface area contributed by atoms with Crippen molar-refractivity contribution in [1.29, 1.82) is 0 Å². The molecule has 0 saturated carbocycles. The average Bonchev–Trinajstić information content (AvgIpc) is 2.26. The Hall–Kier alpha value is -0.340. The van der Waals surface area contributed by atoms with Crippen molar-refractivity contribution in [1.82, 2.24) is 0 Å². The van der Waals surface area contributed by atoms with Crippen LogP contribution in [0.4, 0.5) is 0 Å². The number of thiophene rings is 1. The molecule has 1 heterocycles. The molecule has 1 aromatic rings. The summed E-state index contributed by atoms with van der Waals surface area (Å²) >= 11 is 1.84. The van der Waals surface area contributed by atoms with Gasteiger partial charge < -0.3 is 5.11 Å². The van der Waals surface area contributed by atoms with Gasteiger partial charge >= 0.3 is 0 Å². The lowest BCUT2D eigenvalue weighted by atomic mass is 10.1. The minimum atomic E-state index is -0.176. The molecule has 1 aromatic heterocycles. The highest BCUT2D eigenvalue weighted by atomic mass is 32.1. The van der Waals surface area contributed by atoms with Crippen molar-refractivity contribution in [3.05, 3.63) is 21.4 Å². The van der Waals surface area contributed by atoms with E-state index in [-0.39, 0.29) is 6.10 Å². The molecule has 1 atom stereocenters. The van der Waals surface area contributed by atoms with Crippen molar-refractivity contribution in [2.45, 2.75) is 39.7 Å². The highest BCUT2D eigenvalue weighted by Crippen LogP contribution is 2.21. The normalized spacial score (nSPS) is 13.3. The van der Waals surface area contributed by atoms with Gasteiger partial charge in [0, 0.05) is 9.75 Å². The summed E-state index contributed by atoms with van der Waals surface area (Å²) in [6.45, 7) is 6.12. The summed E-state index contributed by atoms with van der Waals surface area (Å²) < 4.78 is 0. The van der Waals surface area contributed by atoms with E-state index < -0.39 is 0 Å². The topological polar surface area (TPSA) is 20.2 Å². The van der Waals surface area contributed by atoms with Gasteiger partial charge in [0.15, 0.2) is 0 Å². The van der Waals surface area contributed by atoms with Crippen LogP contribution in [0.1, 0.15) is 28.7 Å². The zero-order chi connectivity index (χ0) is 9.14. The predicted molar refractivity (Wildman–Crippen MR) is 53.8 cm³/mol. The quantitative estimate of drug-likeness (QED) is 0.765. The van der Waals surface area contributed by atoms with Crippen LogP contribution in [0.25, 0.3) is 0 Å². The highest BCUT2D eigenvalue weighted by Gasteiger charge is 2.03. The van der Waals surface area contributed by atoms with Crippen molar-refractivity contribution in [3.8, 4) is 0 Å². The van der Waals surface area contributed by atoms with Gasteiger partial charge in [0.2, 0.25) is 0 Å². The van der Waals surface area contributed by atoms with Crippen LogP contribution in [-0.2, 0) is 6.42 Å². The maximum Gasteiger partial charge on any atom is 0.0515 e. The minimum absolute atomic E-state index is 0.176. The van der Waals surface area contributed by atoms with Gasteiger partial charge in [-0.2, -0.15) is 0 Å². The van der Waals surface area contributed by atoms with Gasteiger partial charge in [-0.1, -0.05) is 0 Å². The van der Waals surface area contributed by atoms with E-state index in [9.17, 15) is 0 Å². The summed E-state index contributed by atoms with van der Waals surface area (Å²) in [5.41, 5.74) is 1.40. The van der Waals surface area contributed by atoms with Gasteiger partial charge in [-0.3, -0.25) is 0 Å². The molecule has 1 rings (SSSR count). The van der Waals surface area contributed by atoms with Crippen LogP contribution in [0.15, 0.2) is 6.07 Å². The Morgan fingerprint density at radius 3 is 2.58 bits per heavy atom. The summed E-state index contributed by atoms with van der Waals surface area (Å²) in [5, 5.41) is 9.11. The lowest BCUT2D eigenvalue weighted by Crippen LogP contribution is -2.01. The van der Waals surface area contributed by atoms with E-state index in [2.05, 4.69) is 19.9 Å². The second-order valence-corrected chi connectivity index (χ2v) is 4.79. The van der Waals surface area contributed by atoms with Gasteiger partial charge in [-0.05, 0) is 45.2 Å². The summed E-state index contributed by atoms with van der Waals surface area (Å²) in [6.07, 6.45) is 1.70. The lowest BCUT2D eigenvalue weighted by Gasteiger charge is -2.02. The number of hydrogen-bond acceptors (Lipinski definition) is 2. The van der Waals surface area contributed by atoms with Crippen LogP contribution in [0.2, 0.25) is 0 Å². The van der Waals surface area contributed by atoms with Crippen LogP contribution < -0.4 is 0 Å². The molecule has 2 heteroatoms. The summed E-state index contributed by atoms with van der Waals surface area (Å²) in [4.78, 5) is 2.77. The van der Waals surface area contributed by atoms with Crippen LogP contribution >= 0.6 is 11.3 Å².